The summed E-state index contributed by atoms with van der Waals surface area (Å²) in [6.07, 6.45) is 1.50. The second kappa shape index (κ2) is 10.1. The summed E-state index contributed by atoms with van der Waals surface area (Å²) in [5.41, 5.74) is 2.88. The van der Waals surface area contributed by atoms with Crippen molar-refractivity contribution >= 4 is 22.8 Å². The van der Waals surface area contributed by atoms with Crippen molar-refractivity contribution in [1.82, 2.24) is 24.9 Å². The molecule has 0 saturated heterocycles. The Hall–Kier alpha value is -4.24. The van der Waals surface area contributed by atoms with Crippen LogP contribution in [0.1, 0.15) is 15.9 Å². The molecule has 0 aliphatic rings. The standard InChI is InChI=1S/C25H26N6O3/c1-30(2)15-14-27-24(32)18-11-9-17(10-12-18)20-7-4-3-6-19(20)16-28-22-21-8-5-13-26-23(21)31(34)25(33)29-22/h3-13,34H,14-16H2,1-2H3,(H,27,32)(H,28,29,33). The van der Waals surface area contributed by atoms with Crippen LogP contribution in [0.15, 0.2) is 71.7 Å². The van der Waals surface area contributed by atoms with Gasteiger partial charge in [0.15, 0.2) is 5.65 Å². The molecule has 4 rings (SSSR count). The second-order valence-electron chi connectivity index (χ2n) is 8.08. The van der Waals surface area contributed by atoms with Crippen molar-refractivity contribution in [3.63, 3.8) is 0 Å². The molecule has 3 N–H and O–H groups in total. The van der Waals surface area contributed by atoms with Crippen LogP contribution in [0.5, 0.6) is 0 Å². The topological polar surface area (TPSA) is 112 Å². The molecule has 0 spiro atoms. The van der Waals surface area contributed by atoms with E-state index in [0.717, 1.165) is 23.2 Å². The maximum absolute atomic E-state index is 12.4. The number of anilines is 1. The predicted molar refractivity (Wildman–Crippen MR) is 131 cm³/mol. The Labute approximate surface area is 196 Å². The molecule has 2 heterocycles. The number of likely N-dealkylation sites (N-methyl/N-ethyl adjacent to an activating group) is 1. The zero-order chi connectivity index (χ0) is 24.1. The first-order chi connectivity index (χ1) is 16.4. The number of aromatic nitrogens is 3. The highest BCUT2D eigenvalue weighted by Gasteiger charge is 2.12. The quantitative estimate of drug-likeness (QED) is 0.348. The Morgan fingerprint density at radius 2 is 1.82 bits per heavy atom. The molecular weight excluding hydrogens is 432 g/mol. The fourth-order valence-corrected chi connectivity index (χ4v) is 3.61. The molecule has 1 amide bonds. The van der Waals surface area contributed by atoms with Gasteiger partial charge >= 0.3 is 5.69 Å². The molecule has 2 aromatic heterocycles. The van der Waals surface area contributed by atoms with E-state index in [-0.39, 0.29) is 11.6 Å². The van der Waals surface area contributed by atoms with Crippen molar-refractivity contribution < 1.29 is 10.0 Å². The third-order valence-corrected chi connectivity index (χ3v) is 5.40. The van der Waals surface area contributed by atoms with Gasteiger partial charge in [-0.1, -0.05) is 36.4 Å². The molecule has 4 aromatic rings. The van der Waals surface area contributed by atoms with E-state index in [4.69, 9.17) is 0 Å². The number of benzene rings is 2. The third-order valence-electron chi connectivity index (χ3n) is 5.40. The molecule has 174 valence electrons. The van der Waals surface area contributed by atoms with Crippen LogP contribution >= 0.6 is 0 Å². The Kier molecular flexibility index (Phi) is 6.84. The van der Waals surface area contributed by atoms with Crippen LogP contribution in [-0.2, 0) is 6.54 Å². The molecule has 9 nitrogen and oxygen atoms in total. The lowest BCUT2D eigenvalue weighted by molar-refractivity contribution is 0.0951. The van der Waals surface area contributed by atoms with Crippen LogP contribution in [0.4, 0.5) is 5.82 Å². The molecule has 0 radical (unpaired) electrons. The van der Waals surface area contributed by atoms with Gasteiger partial charge in [0.05, 0.1) is 5.39 Å². The molecule has 0 fully saturated rings. The van der Waals surface area contributed by atoms with Gasteiger partial charge in [-0.25, -0.2) is 9.78 Å². The molecule has 0 unspecified atom stereocenters. The largest absolute Gasteiger partial charge is 0.422 e. The van der Waals surface area contributed by atoms with Crippen LogP contribution in [-0.4, -0.2) is 57.9 Å². The van der Waals surface area contributed by atoms with Gasteiger partial charge in [0, 0.05) is 31.4 Å². The van der Waals surface area contributed by atoms with Crippen molar-refractivity contribution in [1.29, 1.82) is 0 Å². The van der Waals surface area contributed by atoms with Crippen molar-refractivity contribution in [2.45, 2.75) is 6.54 Å². The summed E-state index contributed by atoms with van der Waals surface area (Å²) in [6, 6.07) is 18.8. The van der Waals surface area contributed by atoms with Gasteiger partial charge in [0.1, 0.15) is 5.82 Å². The number of hydrogen-bond acceptors (Lipinski definition) is 7. The third kappa shape index (κ3) is 5.05. The van der Waals surface area contributed by atoms with Gasteiger partial charge in [0.2, 0.25) is 0 Å². The summed E-state index contributed by atoms with van der Waals surface area (Å²) in [5, 5.41) is 16.6. The van der Waals surface area contributed by atoms with Gasteiger partial charge in [-0.2, -0.15) is 4.98 Å². The van der Waals surface area contributed by atoms with Crippen molar-refractivity contribution in [2.24, 2.45) is 0 Å². The van der Waals surface area contributed by atoms with Crippen LogP contribution in [0.3, 0.4) is 0 Å². The number of rotatable bonds is 8. The molecule has 9 heteroatoms. The summed E-state index contributed by atoms with van der Waals surface area (Å²) in [4.78, 5) is 34.4. The molecule has 0 saturated carbocycles. The van der Waals surface area contributed by atoms with Crippen LogP contribution < -0.4 is 16.3 Å². The highest BCUT2D eigenvalue weighted by molar-refractivity contribution is 5.94. The minimum Gasteiger partial charge on any atom is -0.422 e. The normalized spacial score (nSPS) is 11.0. The number of pyridine rings is 1. The number of carbonyl (C=O) groups is 1. The molecule has 0 aliphatic carbocycles. The maximum Gasteiger partial charge on any atom is 0.384 e. The number of nitrogens with one attached hydrogen (secondary N) is 2. The van der Waals surface area contributed by atoms with E-state index in [9.17, 15) is 14.8 Å². The zero-order valence-corrected chi connectivity index (χ0v) is 19.0. The summed E-state index contributed by atoms with van der Waals surface area (Å²) >= 11 is 0. The van der Waals surface area contributed by atoms with Crippen LogP contribution in [0, 0.1) is 0 Å². The van der Waals surface area contributed by atoms with Crippen molar-refractivity contribution in [3.05, 3.63) is 88.5 Å². The van der Waals surface area contributed by atoms with Gasteiger partial charge in [-0.3, -0.25) is 4.79 Å². The number of hydrogen-bond donors (Lipinski definition) is 3. The first-order valence-electron chi connectivity index (χ1n) is 10.9. The van der Waals surface area contributed by atoms with E-state index >= 15 is 0 Å². The monoisotopic (exact) mass is 458 g/mol. The van der Waals surface area contributed by atoms with Gasteiger partial charge in [0.25, 0.3) is 5.91 Å². The van der Waals surface area contributed by atoms with Gasteiger partial charge < -0.3 is 20.7 Å². The van der Waals surface area contributed by atoms with Crippen LogP contribution in [0.2, 0.25) is 0 Å². The Morgan fingerprint density at radius 1 is 1.06 bits per heavy atom. The highest BCUT2D eigenvalue weighted by Crippen LogP contribution is 2.25. The Balaban J connectivity index is 1.53. The average molecular weight is 459 g/mol. The molecule has 0 bridgehead atoms. The minimum absolute atomic E-state index is 0.103. The van der Waals surface area contributed by atoms with Crippen molar-refractivity contribution in [3.8, 4) is 11.1 Å². The second-order valence-corrected chi connectivity index (χ2v) is 8.08. The number of nitrogens with zero attached hydrogens (tertiary/aromatic N) is 4. The molecule has 0 atom stereocenters. The van der Waals surface area contributed by atoms with E-state index in [2.05, 4.69) is 20.6 Å². The van der Waals surface area contributed by atoms with E-state index in [0.29, 0.717) is 34.6 Å². The first-order valence-corrected chi connectivity index (χ1v) is 10.9. The predicted octanol–water partition coefficient (Wildman–Crippen LogP) is 2.60. The molecule has 34 heavy (non-hydrogen) atoms. The minimum atomic E-state index is -0.804. The molecule has 2 aromatic carbocycles. The van der Waals surface area contributed by atoms with E-state index < -0.39 is 5.69 Å². The van der Waals surface area contributed by atoms with Crippen molar-refractivity contribution in [2.75, 3.05) is 32.5 Å². The lowest BCUT2D eigenvalue weighted by atomic mass is 9.98. The number of fused-ring (bicyclic) bond motifs is 1. The first kappa shape index (κ1) is 22.9. The summed E-state index contributed by atoms with van der Waals surface area (Å²) in [6.45, 7) is 1.76. The summed E-state index contributed by atoms with van der Waals surface area (Å²) in [7, 11) is 3.92. The van der Waals surface area contributed by atoms with E-state index in [1.807, 2.05) is 67.5 Å². The lowest BCUT2D eigenvalue weighted by Gasteiger charge is -2.13. The molecule has 0 aliphatic heterocycles. The maximum atomic E-state index is 12.4. The number of amides is 1. The fourth-order valence-electron chi connectivity index (χ4n) is 3.61. The lowest BCUT2D eigenvalue weighted by Crippen LogP contribution is -2.31. The average Bonchev–Trinajstić information content (AvgIpc) is 2.85. The Morgan fingerprint density at radius 3 is 2.59 bits per heavy atom. The highest BCUT2D eigenvalue weighted by atomic mass is 16.5. The fraction of sp³-hybridized carbons (Fsp3) is 0.200. The van der Waals surface area contributed by atoms with E-state index in [1.54, 1.807) is 12.1 Å². The van der Waals surface area contributed by atoms with Gasteiger partial charge in [-0.05, 0) is 55.1 Å². The molecular formula is C25H26N6O3. The SMILES string of the molecule is CN(C)CCNC(=O)c1ccc(-c2ccccc2CNc2nc(=O)n(O)c3ncccc23)cc1. The zero-order valence-electron chi connectivity index (χ0n) is 19.0. The smallest absolute Gasteiger partial charge is 0.384 e. The Bertz CT molecular complexity index is 1370. The number of carbonyl (C=O) groups excluding carboxylic acids is 1. The summed E-state index contributed by atoms with van der Waals surface area (Å²) < 4.78 is 0.437. The van der Waals surface area contributed by atoms with E-state index in [1.165, 1.54) is 6.20 Å². The summed E-state index contributed by atoms with van der Waals surface area (Å²) in [5.74, 6) is 0.242. The van der Waals surface area contributed by atoms with Crippen LogP contribution in [0.25, 0.3) is 22.2 Å². The van der Waals surface area contributed by atoms with Gasteiger partial charge in [-0.15, -0.1) is 4.73 Å².